The molecule has 1 saturated heterocycles. The normalized spacial score (nSPS) is 30.3. The van der Waals surface area contributed by atoms with Crippen LogP contribution in [0.1, 0.15) is 19.8 Å². The fourth-order valence-corrected chi connectivity index (χ4v) is 1.95. The van der Waals surface area contributed by atoms with Gasteiger partial charge in [-0.15, -0.1) is 11.8 Å². The summed E-state index contributed by atoms with van der Waals surface area (Å²) in [6.07, 6.45) is 4.16. The number of likely N-dealkylation sites (tertiary alicyclic amines) is 1. The SMILES string of the molecule is CSC(C)N1CCC[C@@H](O)C1. The van der Waals surface area contributed by atoms with Crippen LogP contribution in [-0.2, 0) is 0 Å². The number of β-amino-alcohol motifs (C(OH)–C–C–N with tert-alkyl or cyclic N) is 1. The lowest BCUT2D eigenvalue weighted by atomic mass is 10.1. The van der Waals surface area contributed by atoms with E-state index in [9.17, 15) is 5.11 Å². The molecule has 2 atom stereocenters. The van der Waals surface area contributed by atoms with Crippen molar-refractivity contribution in [3.63, 3.8) is 0 Å². The van der Waals surface area contributed by atoms with Gasteiger partial charge in [0.1, 0.15) is 0 Å². The fraction of sp³-hybridized carbons (Fsp3) is 1.00. The third-order valence-corrected chi connectivity index (χ3v) is 3.26. The molecule has 1 aliphatic rings. The van der Waals surface area contributed by atoms with Crippen LogP contribution < -0.4 is 0 Å². The molecule has 0 aliphatic carbocycles. The molecule has 0 radical (unpaired) electrons. The van der Waals surface area contributed by atoms with Gasteiger partial charge in [0, 0.05) is 6.54 Å². The van der Waals surface area contributed by atoms with Gasteiger partial charge in [-0.2, -0.15) is 0 Å². The van der Waals surface area contributed by atoms with Gasteiger partial charge in [0.2, 0.25) is 0 Å². The minimum absolute atomic E-state index is 0.0849. The summed E-state index contributed by atoms with van der Waals surface area (Å²) in [7, 11) is 0. The number of aliphatic hydroxyl groups excluding tert-OH is 1. The van der Waals surface area contributed by atoms with E-state index in [0.717, 1.165) is 25.9 Å². The number of aliphatic hydroxyl groups is 1. The van der Waals surface area contributed by atoms with E-state index in [1.54, 1.807) is 0 Å². The van der Waals surface area contributed by atoms with Gasteiger partial charge in [-0.3, -0.25) is 4.90 Å². The Morgan fingerprint density at radius 3 is 2.91 bits per heavy atom. The Morgan fingerprint density at radius 1 is 1.64 bits per heavy atom. The summed E-state index contributed by atoms with van der Waals surface area (Å²) in [5.41, 5.74) is 0. The van der Waals surface area contributed by atoms with E-state index in [2.05, 4.69) is 18.1 Å². The average Bonchev–Trinajstić information content (AvgIpc) is 2.03. The minimum atomic E-state index is -0.0849. The van der Waals surface area contributed by atoms with Crippen molar-refractivity contribution in [3.05, 3.63) is 0 Å². The largest absolute Gasteiger partial charge is 0.392 e. The Hall–Kier alpha value is 0.270. The molecule has 3 heteroatoms. The second-order valence-corrected chi connectivity index (χ2v) is 4.28. The Balaban J connectivity index is 2.33. The maximum Gasteiger partial charge on any atom is 0.0668 e. The Kier molecular flexibility index (Phi) is 3.69. The van der Waals surface area contributed by atoms with Gasteiger partial charge in [0.05, 0.1) is 11.5 Å². The van der Waals surface area contributed by atoms with E-state index in [1.807, 2.05) is 11.8 Å². The molecule has 1 N–H and O–H groups in total. The lowest BCUT2D eigenvalue weighted by Crippen LogP contribution is -2.42. The Morgan fingerprint density at radius 2 is 2.36 bits per heavy atom. The molecule has 0 aromatic carbocycles. The summed E-state index contributed by atoms with van der Waals surface area (Å²) in [6, 6.07) is 0. The fourth-order valence-electron chi connectivity index (χ4n) is 1.46. The molecule has 0 aromatic heterocycles. The molecule has 0 amide bonds. The first kappa shape index (κ1) is 9.36. The topological polar surface area (TPSA) is 23.5 Å². The molecule has 1 fully saturated rings. The van der Waals surface area contributed by atoms with Crippen molar-refractivity contribution >= 4 is 11.8 Å². The Bertz CT molecular complexity index is 121. The summed E-state index contributed by atoms with van der Waals surface area (Å²) >= 11 is 1.85. The van der Waals surface area contributed by atoms with Crippen molar-refractivity contribution < 1.29 is 5.11 Å². The van der Waals surface area contributed by atoms with Crippen LogP contribution in [0.3, 0.4) is 0 Å². The second kappa shape index (κ2) is 4.33. The number of thioether (sulfide) groups is 1. The van der Waals surface area contributed by atoms with Crippen molar-refractivity contribution in [2.45, 2.75) is 31.2 Å². The van der Waals surface area contributed by atoms with Crippen molar-refractivity contribution in [3.8, 4) is 0 Å². The van der Waals surface area contributed by atoms with Crippen molar-refractivity contribution in [1.82, 2.24) is 4.90 Å². The highest BCUT2D eigenvalue weighted by molar-refractivity contribution is 7.99. The first-order chi connectivity index (χ1) is 5.24. The zero-order valence-corrected chi connectivity index (χ0v) is 8.10. The van der Waals surface area contributed by atoms with Gasteiger partial charge in [-0.05, 0) is 32.6 Å². The molecule has 0 aromatic rings. The van der Waals surface area contributed by atoms with E-state index in [-0.39, 0.29) is 6.10 Å². The van der Waals surface area contributed by atoms with Crippen molar-refractivity contribution in [2.24, 2.45) is 0 Å². The van der Waals surface area contributed by atoms with E-state index >= 15 is 0 Å². The zero-order chi connectivity index (χ0) is 8.27. The highest BCUT2D eigenvalue weighted by Gasteiger charge is 2.20. The van der Waals surface area contributed by atoms with E-state index in [0.29, 0.717) is 5.37 Å². The van der Waals surface area contributed by atoms with Crippen LogP contribution in [0.4, 0.5) is 0 Å². The maximum atomic E-state index is 9.37. The first-order valence-electron chi connectivity index (χ1n) is 4.19. The van der Waals surface area contributed by atoms with Gasteiger partial charge >= 0.3 is 0 Å². The monoisotopic (exact) mass is 175 g/mol. The predicted octanol–water partition coefficient (Wildman–Crippen LogP) is 1.15. The van der Waals surface area contributed by atoms with Crippen LogP contribution in [0.15, 0.2) is 0 Å². The molecule has 1 heterocycles. The van der Waals surface area contributed by atoms with Gasteiger partial charge in [0.25, 0.3) is 0 Å². The van der Waals surface area contributed by atoms with Crippen LogP contribution in [0, 0.1) is 0 Å². The summed E-state index contributed by atoms with van der Waals surface area (Å²) < 4.78 is 0. The van der Waals surface area contributed by atoms with E-state index in [4.69, 9.17) is 0 Å². The summed E-state index contributed by atoms with van der Waals surface area (Å²) in [6.45, 7) is 4.21. The summed E-state index contributed by atoms with van der Waals surface area (Å²) in [5.74, 6) is 0. The van der Waals surface area contributed by atoms with Crippen LogP contribution in [0.5, 0.6) is 0 Å². The molecule has 0 bridgehead atoms. The molecule has 1 unspecified atom stereocenters. The molecule has 0 saturated carbocycles. The molecule has 0 spiro atoms. The van der Waals surface area contributed by atoms with Gasteiger partial charge in [-0.1, -0.05) is 0 Å². The molecular weight excluding hydrogens is 158 g/mol. The zero-order valence-electron chi connectivity index (χ0n) is 7.29. The highest BCUT2D eigenvalue weighted by atomic mass is 32.2. The average molecular weight is 175 g/mol. The van der Waals surface area contributed by atoms with Gasteiger partial charge in [-0.25, -0.2) is 0 Å². The summed E-state index contributed by atoms with van der Waals surface area (Å²) in [5, 5.41) is 9.93. The maximum absolute atomic E-state index is 9.37. The minimum Gasteiger partial charge on any atom is -0.392 e. The molecule has 66 valence electrons. The van der Waals surface area contributed by atoms with E-state index < -0.39 is 0 Å². The molecule has 11 heavy (non-hydrogen) atoms. The van der Waals surface area contributed by atoms with Crippen LogP contribution >= 0.6 is 11.8 Å². The lowest BCUT2D eigenvalue weighted by molar-refractivity contribution is 0.0678. The van der Waals surface area contributed by atoms with Crippen LogP contribution in [0.25, 0.3) is 0 Å². The Labute approximate surface area is 73.0 Å². The number of nitrogens with zero attached hydrogens (tertiary/aromatic N) is 1. The van der Waals surface area contributed by atoms with Crippen molar-refractivity contribution in [2.75, 3.05) is 19.3 Å². The second-order valence-electron chi connectivity index (χ2n) is 3.13. The van der Waals surface area contributed by atoms with Crippen LogP contribution in [0.2, 0.25) is 0 Å². The van der Waals surface area contributed by atoms with Gasteiger partial charge < -0.3 is 5.11 Å². The first-order valence-corrected chi connectivity index (χ1v) is 5.47. The predicted molar refractivity (Wildman–Crippen MR) is 49.8 cm³/mol. The lowest BCUT2D eigenvalue weighted by Gasteiger charge is -2.33. The van der Waals surface area contributed by atoms with Gasteiger partial charge in [0.15, 0.2) is 0 Å². The number of hydrogen-bond donors (Lipinski definition) is 1. The summed E-state index contributed by atoms with van der Waals surface area (Å²) in [4.78, 5) is 2.35. The standard InChI is InChI=1S/C8H17NOS/c1-7(11-2)9-5-3-4-8(10)6-9/h7-8,10H,3-6H2,1-2H3/t7?,8-/m1/s1. The number of rotatable bonds is 2. The number of hydrogen-bond acceptors (Lipinski definition) is 3. The smallest absolute Gasteiger partial charge is 0.0668 e. The molecule has 1 rings (SSSR count). The molecular formula is C8H17NOS. The van der Waals surface area contributed by atoms with Crippen molar-refractivity contribution in [1.29, 1.82) is 0 Å². The van der Waals surface area contributed by atoms with E-state index in [1.165, 1.54) is 0 Å². The molecule has 1 aliphatic heterocycles. The third-order valence-electron chi connectivity index (χ3n) is 2.28. The van der Waals surface area contributed by atoms with Crippen LogP contribution in [-0.4, -0.2) is 40.8 Å². The molecule has 2 nitrogen and oxygen atoms in total. The third kappa shape index (κ3) is 2.65. The number of piperidine rings is 1. The highest BCUT2D eigenvalue weighted by Crippen LogP contribution is 2.17. The quantitative estimate of drug-likeness (QED) is 0.681.